The predicted molar refractivity (Wildman–Crippen MR) is 57.1 cm³/mol. The third kappa shape index (κ3) is 11.9. The van der Waals surface area contributed by atoms with Gasteiger partial charge in [0, 0.05) is 0 Å². The van der Waals surface area contributed by atoms with Crippen LogP contribution in [0.25, 0.3) is 0 Å². The lowest BCUT2D eigenvalue weighted by atomic mass is 10.1. The van der Waals surface area contributed by atoms with E-state index in [1.54, 1.807) is 0 Å². The molecule has 0 aliphatic carbocycles. The molecule has 0 saturated heterocycles. The fraction of sp³-hybridized carbons (Fsp3) is 1.00. The minimum absolute atomic E-state index is 1.11. The first-order valence-corrected chi connectivity index (χ1v) is 6.00. The van der Waals surface area contributed by atoms with Crippen molar-refractivity contribution in [1.82, 2.24) is 0 Å². The highest BCUT2D eigenvalue weighted by Gasteiger charge is 1.92. The zero-order chi connectivity index (χ0) is 9.78. The molecular formula is C11H28N2+2. The Labute approximate surface area is 83.1 Å². The third-order valence-electron chi connectivity index (χ3n) is 2.50. The molecule has 0 saturated carbocycles. The van der Waals surface area contributed by atoms with Gasteiger partial charge in [-0.05, 0) is 25.7 Å². The molecule has 0 aromatic heterocycles. The van der Waals surface area contributed by atoms with Crippen LogP contribution in [0.15, 0.2) is 0 Å². The monoisotopic (exact) mass is 188 g/mol. The first kappa shape index (κ1) is 12.9. The second-order valence-electron chi connectivity index (χ2n) is 3.89. The van der Waals surface area contributed by atoms with Gasteiger partial charge in [0.15, 0.2) is 0 Å². The summed E-state index contributed by atoms with van der Waals surface area (Å²) in [6.45, 7) is 2.23. The standard InChI is InChI=1S/C11H26N2/c12-10-8-6-4-2-1-3-5-7-9-11-13/h1-13H2/p+2. The minimum atomic E-state index is 1.11. The van der Waals surface area contributed by atoms with Crippen LogP contribution in [0.2, 0.25) is 0 Å². The summed E-state index contributed by atoms with van der Waals surface area (Å²) in [7, 11) is 0. The number of hydrogen-bond acceptors (Lipinski definition) is 0. The summed E-state index contributed by atoms with van der Waals surface area (Å²) in [4.78, 5) is 0. The molecule has 6 N–H and O–H groups in total. The molecule has 0 aliphatic heterocycles. The number of unbranched alkanes of at least 4 members (excludes halogenated alkanes) is 8. The Balaban J connectivity index is 2.76. The van der Waals surface area contributed by atoms with Crippen LogP contribution in [0.5, 0.6) is 0 Å². The molecule has 2 heteroatoms. The van der Waals surface area contributed by atoms with Gasteiger partial charge >= 0.3 is 0 Å². The van der Waals surface area contributed by atoms with Crippen molar-refractivity contribution in [2.75, 3.05) is 13.1 Å². The summed E-state index contributed by atoms with van der Waals surface area (Å²) < 4.78 is 0. The van der Waals surface area contributed by atoms with E-state index in [4.69, 9.17) is 0 Å². The molecule has 0 aromatic carbocycles. The van der Waals surface area contributed by atoms with Gasteiger partial charge in [0.2, 0.25) is 0 Å². The average molecular weight is 188 g/mol. The molecule has 2 nitrogen and oxygen atoms in total. The van der Waals surface area contributed by atoms with E-state index in [0.717, 1.165) is 13.1 Å². The Bertz CT molecular complexity index is 74.2. The maximum absolute atomic E-state index is 3.85. The molecule has 0 fully saturated rings. The lowest BCUT2D eigenvalue weighted by molar-refractivity contribution is -0.368. The minimum Gasteiger partial charge on any atom is -0.358 e. The quantitative estimate of drug-likeness (QED) is 0.480. The molecule has 0 aromatic rings. The highest BCUT2D eigenvalue weighted by Crippen LogP contribution is 2.08. The van der Waals surface area contributed by atoms with Gasteiger partial charge in [0.05, 0.1) is 13.1 Å². The molecule has 0 bridgehead atoms. The Kier molecular flexibility index (Phi) is 11.8. The zero-order valence-electron chi connectivity index (χ0n) is 9.19. The van der Waals surface area contributed by atoms with Gasteiger partial charge in [-0.3, -0.25) is 0 Å². The second-order valence-corrected chi connectivity index (χ2v) is 3.89. The Hall–Kier alpha value is -0.0800. The molecule has 0 unspecified atom stereocenters. The van der Waals surface area contributed by atoms with Gasteiger partial charge in [0.1, 0.15) is 0 Å². The van der Waals surface area contributed by atoms with Crippen LogP contribution in [0.3, 0.4) is 0 Å². The fourth-order valence-corrected chi connectivity index (χ4v) is 1.59. The van der Waals surface area contributed by atoms with Gasteiger partial charge in [-0.2, -0.15) is 0 Å². The SMILES string of the molecule is [NH3+]CCCCCCCCCCC[NH3+]. The van der Waals surface area contributed by atoms with E-state index in [2.05, 4.69) is 11.5 Å². The van der Waals surface area contributed by atoms with Crippen LogP contribution in [0.4, 0.5) is 0 Å². The van der Waals surface area contributed by atoms with Crippen molar-refractivity contribution in [3.8, 4) is 0 Å². The molecule has 0 spiro atoms. The fourth-order valence-electron chi connectivity index (χ4n) is 1.59. The Morgan fingerprint density at radius 1 is 0.385 bits per heavy atom. The van der Waals surface area contributed by atoms with E-state index < -0.39 is 0 Å². The van der Waals surface area contributed by atoms with Crippen molar-refractivity contribution in [1.29, 1.82) is 0 Å². The van der Waals surface area contributed by atoms with E-state index >= 15 is 0 Å². The van der Waals surface area contributed by atoms with Gasteiger partial charge in [-0.1, -0.05) is 32.1 Å². The van der Waals surface area contributed by atoms with Crippen molar-refractivity contribution in [3.63, 3.8) is 0 Å². The van der Waals surface area contributed by atoms with Crippen LogP contribution >= 0.6 is 0 Å². The largest absolute Gasteiger partial charge is 0.358 e. The average Bonchev–Trinajstić information content (AvgIpc) is 2.16. The second kappa shape index (κ2) is 11.9. The normalized spacial score (nSPS) is 10.6. The zero-order valence-corrected chi connectivity index (χ0v) is 9.19. The Morgan fingerprint density at radius 2 is 0.615 bits per heavy atom. The molecule has 0 heterocycles. The smallest absolute Gasteiger partial charge is 0.0739 e. The van der Waals surface area contributed by atoms with Crippen LogP contribution in [0.1, 0.15) is 57.8 Å². The number of quaternary nitrogens is 2. The highest BCUT2D eigenvalue weighted by molar-refractivity contribution is 4.46. The van der Waals surface area contributed by atoms with E-state index in [1.807, 2.05) is 0 Å². The predicted octanol–water partition coefficient (Wildman–Crippen LogP) is 0.981. The van der Waals surface area contributed by atoms with Crippen molar-refractivity contribution >= 4 is 0 Å². The summed E-state index contributed by atoms with van der Waals surface area (Å²) in [5.74, 6) is 0. The number of hydrogen-bond donors (Lipinski definition) is 2. The first-order chi connectivity index (χ1) is 6.41. The molecular weight excluding hydrogens is 160 g/mol. The molecule has 80 valence electrons. The lowest BCUT2D eigenvalue weighted by Gasteiger charge is -1.99. The third-order valence-corrected chi connectivity index (χ3v) is 2.50. The van der Waals surface area contributed by atoms with Crippen LogP contribution < -0.4 is 11.5 Å². The van der Waals surface area contributed by atoms with Gasteiger partial charge in [-0.25, -0.2) is 0 Å². The van der Waals surface area contributed by atoms with E-state index in [9.17, 15) is 0 Å². The van der Waals surface area contributed by atoms with Crippen LogP contribution in [-0.4, -0.2) is 13.1 Å². The summed E-state index contributed by atoms with van der Waals surface area (Å²) in [5.41, 5.74) is 7.69. The molecule has 0 amide bonds. The van der Waals surface area contributed by atoms with Gasteiger partial charge < -0.3 is 11.5 Å². The lowest BCUT2D eigenvalue weighted by Crippen LogP contribution is -2.50. The Morgan fingerprint density at radius 3 is 0.846 bits per heavy atom. The van der Waals surface area contributed by atoms with E-state index in [1.165, 1.54) is 57.8 Å². The highest BCUT2D eigenvalue weighted by atomic mass is 14.5. The summed E-state index contributed by atoms with van der Waals surface area (Å²) in [6, 6.07) is 0. The summed E-state index contributed by atoms with van der Waals surface area (Å²) >= 11 is 0. The van der Waals surface area contributed by atoms with E-state index in [-0.39, 0.29) is 0 Å². The topological polar surface area (TPSA) is 55.3 Å². The maximum atomic E-state index is 3.85. The van der Waals surface area contributed by atoms with Crippen LogP contribution in [0, 0.1) is 0 Å². The first-order valence-electron chi connectivity index (χ1n) is 6.00. The van der Waals surface area contributed by atoms with Crippen molar-refractivity contribution < 1.29 is 11.5 Å². The van der Waals surface area contributed by atoms with Crippen molar-refractivity contribution in [3.05, 3.63) is 0 Å². The van der Waals surface area contributed by atoms with E-state index in [0.29, 0.717) is 0 Å². The number of rotatable bonds is 10. The van der Waals surface area contributed by atoms with Crippen LogP contribution in [-0.2, 0) is 0 Å². The summed E-state index contributed by atoms with van der Waals surface area (Å²) in [5, 5.41) is 0. The molecule has 13 heavy (non-hydrogen) atoms. The molecule has 0 radical (unpaired) electrons. The summed E-state index contributed by atoms with van der Waals surface area (Å²) in [6.07, 6.45) is 12.6. The van der Waals surface area contributed by atoms with Gasteiger partial charge in [0.25, 0.3) is 0 Å². The molecule has 0 aliphatic rings. The van der Waals surface area contributed by atoms with Crippen molar-refractivity contribution in [2.45, 2.75) is 57.8 Å². The molecule has 0 rings (SSSR count). The van der Waals surface area contributed by atoms with Crippen molar-refractivity contribution in [2.24, 2.45) is 0 Å². The maximum Gasteiger partial charge on any atom is 0.0739 e. The van der Waals surface area contributed by atoms with Gasteiger partial charge in [-0.15, -0.1) is 0 Å². The molecule has 0 atom stereocenters.